The third-order valence-corrected chi connectivity index (χ3v) is 4.02. The number of benzene rings is 1. The summed E-state index contributed by atoms with van der Waals surface area (Å²) in [6.07, 6.45) is 0.630. The lowest BCUT2D eigenvalue weighted by atomic mass is 9.91. The minimum Gasteiger partial charge on any atom is -0.337 e. The Morgan fingerprint density at radius 3 is 2.57 bits per heavy atom. The van der Waals surface area contributed by atoms with Gasteiger partial charge >= 0.3 is 6.03 Å². The maximum atomic E-state index is 12.8. The number of carbonyl (C=O) groups excluding carboxylic acids is 2. The number of hydrogen-bond donors (Lipinski definition) is 1. The van der Waals surface area contributed by atoms with Crippen molar-refractivity contribution < 1.29 is 14.1 Å². The first-order valence-corrected chi connectivity index (χ1v) is 7.46. The average molecular weight is 314 g/mol. The second-order valence-electron chi connectivity index (χ2n) is 5.77. The van der Waals surface area contributed by atoms with Gasteiger partial charge in [0.15, 0.2) is 5.82 Å². The topological polar surface area (TPSA) is 88.3 Å². The van der Waals surface area contributed by atoms with Crippen LogP contribution in [0.3, 0.4) is 0 Å². The van der Waals surface area contributed by atoms with Crippen LogP contribution in [0, 0.1) is 6.92 Å². The molecule has 1 aromatic heterocycles. The third-order valence-electron chi connectivity index (χ3n) is 4.02. The summed E-state index contributed by atoms with van der Waals surface area (Å²) in [6, 6.07) is 7.05. The average Bonchev–Trinajstić information content (AvgIpc) is 3.07. The standard InChI is InChI=1S/C16H18N4O3/c1-4-12-17-13(23-19-12)9-20-14(21)16(3,18-15(20)22)11-7-5-10(2)6-8-11/h5-8H,4,9H2,1-3H3,(H,18,22). The lowest BCUT2D eigenvalue weighted by Gasteiger charge is -2.22. The van der Waals surface area contributed by atoms with E-state index < -0.39 is 11.6 Å². The molecule has 1 saturated heterocycles. The minimum atomic E-state index is -1.08. The molecule has 7 nitrogen and oxygen atoms in total. The monoisotopic (exact) mass is 314 g/mol. The number of rotatable bonds is 4. The van der Waals surface area contributed by atoms with E-state index in [4.69, 9.17) is 4.52 Å². The second-order valence-corrected chi connectivity index (χ2v) is 5.77. The van der Waals surface area contributed by atoms with Crippen molar-refractivity contribution in [2.45, 2.75) is 39.3 Å². The summed E-state index contributed by atoms with van der Waals surface area (Å²) in [4.78, 5) is 30.2. The van der Waals surface area contributed by atoms with Crippen molar-refractivity contribution >= 4 is 11.9 Å². The molecule has 1 aliphatic rings. The molecule has 0 bridgehead atoms. The van der Waals surface area contributed by atoms with Crippen molar-refractivity contribution in [2.75, 3.05) is 0 Å². The predicted octanol–water partition coefficient (Wildman–Crippen LogP) is 1.91. The molecule has 2 aromatic rings. The fraction of sp³-hybridized carbons (Fsp3) is 0.375. The number of carbonyl (C=O) groups is 2. The van der Waals surface area contributed by atoms with E-state index in [1.54, 1.807) is 6.92 Å². The van der Waals surface area contributed by atoms with Gasteiger partial charge in [0.05, 0.1) is 0 Å². The van der Waals surface area contributed by atoms with Crippen LogP contribution in [0.5, 0.6) is 0 Å². The van der Waals surface area contributed by atoms with Crippen LogP contribution in [0.1, 0.15) is 36.7 Å². The summed E-state index contributed by atoms with van der Waals surface area (Å²) in [6.45, 7) is 5.54. The Bertz CT molecular complexity index is 753. The van der Waals surface area contributed by atoms with Gasteiger partial charge < -0.3 is 9.84 Å². The Morgan fingerprint density at radius 2 is 1.96 bits per heavy atom. The molecule has 0 radical (unpaired) electrons. The van der Waals surface area contributed by atoms with E-state index in [2.05, 4.69) is 15.5 Å². The Labute approximate surface area is 133 Å². The third kappa shape index (κ3) is 2.58. The van der Waals surface area contributed by atoms with Crippen molar-refractivity contribution in [2.24, 2.45) is 0 Å². The number of aromatic nitrogens is 2. The van der Waals surface area contributed by atoms with Crippen LogP contribution in [0.4, 0.5) is 4.79 Å². The highest BCUT2D eigenvalue weighted by Gasteiger charge is 2.49. The van der Waals surface area contributed by atoms with Gasteiger partial charge in [-0.05, 0) is 19.4 Å². The largest absolute Gasteiger partial charge is 0.337 e. The van der Waals surface area contributed by atoms with Crippen LogP contribution in [0.2, 0.25) is 0 Å². The van der Waals surface area contributed by atoms with Crippen LogP contribution in [-0.4, -0.2) is 27.0 Å². The molecule has 0 aliphatic carbocycles. The van der Waals surface area contributed by atoms with E-state index in [0.717, 1.165) is 16.0 Å². The van der Waals surface area contributed by atoms with Crippen molar-refractivity contribution in [3.8, 4) is 0 Å². The zero-order valence-corrected chi connectivity index (χ0v) is 13.3. The number of aryl methyl sites for hydroxylation is 2. The molecule has 0 spiro atoms. The minimum absolute atomic E-state index is 0.0287. The molecule has 1 atom stereocenters. The number of hydrogen-bond acceptors (Lipinski definition) is 5. The zero-order valence-electron chi connectivity index (χ0n) is 13.3. The Balaban J connectivity index is 1.85. The number of urea groups is 1. The highest BCUT2D eigenvalue weighted by Crippen LogP contribution is 2.29. The van der Waals surface area contributed by atoms with E-state index in [1.807, 2.05) is 38.1 Å². The number of nitrogens with one attached hydrogen (secondary N) is 1. The Morgan fingerprint density at radius 1 is 1.26 bits per heavy atom. The smallest absolute Gasteiger partial charge is 0.325 e. The lowest BCUT2D eigenvalue weighted by Crippen LogP contribution is -2.40. The summed E-state index contributed by atoms with van der Waals surface area (Å²) < 4.78 is 5.07. The van der Waals surface area contributed by atoms with Gasteiger partial charge in [0.25, 0.3) is 5.91 Å². The molecule has 1 aromatic carbocycles. The first kappa shape index (κ1) is 15.2. The predicted molar refractivity (Wildman–Crippen MR) is 81.3 cm³/mol. The zero-order chi connectivity index (χ0) is 16.6. The SMILES string of the molecule is CCc1noc(CN2C(=O)NC(C)(c3ccc(C)cc3)C2=O)n1. The molecular weight excluding hydrogens is 296 g/mol. The maximum absolute atomic E-state index is 12.8. The molecule has 3 amide bonds. The molecule has 7 heteroatoms. The summed E-state index contributed by atoms with van der Waals surface area (Å²) in [5, 5.41) is 6.53. The molecule has 1 aliphatic heterocycles. The molecule has 3 rings (SSSR count). The highest BCUT2D eigenvalue weighted by molar-refractivity contribution is 6.07. The second kappa shape index (κ2) is 5.49. The van der Waals surface area contributed by atoms with Crippen LogP contribution in [0.25, 0.3) is 0 Å². The van der Waals surface area contributed by atoms with Gasteiger partial charge in [-0.1, -0.05) is 41.9 Å². The number of imide groups is 1. The highest BCUT2D eigenvalue weighted by atomic mass is 16.5. The Hall–Kier alpha value is -2.70. The summed E-state index contributed by atoms with van der Waals surface area (Å²) in [5.74, 6) is 0.467. The van der Waals surface area contributed by atoms with E-state index in [-0.39, 0.29) is 18.3 Å². The van der Waals surface area contributed by atoms with Crippen LogP contribution >= 0.6 is 0 Å². The maximum Gasteiger partial charge on any atom is 0.325 e. The summed E-state index contributed by atoms with van der Waals surface area (Å²) in [7, 11) is 0. The molecule has 1 unspecified atom stereocenters. The first-order chi connectivity index (χ1) is 10.9. The molecule has 1 fully saturated rings. The lowest BCUT2D eigenvalue weighted by molar-refractivity contribution is -0.131. The fourth-order valence-electron chi connectivity index (χ4n) is 2.56. The van der Waals surface area contributed by atoms with E-state index >= 15 is 0 Å². The Kier molecular flexibility index (Phi) is 3.63. The molecule has 2 heterocycles. The molecule has 120 valence electrons. The summed E-state index contributed by atoms with van der Waals surface area (Å²) in [5.41, 5.74) is 0.742. The first-order valence-electron chi connectivity index (χ1n) is 7.46. The normalized spacial score (nSPS) is 20.9. The quantitative estimate of drug-likeness (QED) is 0.871. The number of nitrogens with zero attached hydrogens (tertiary/aromatic N) is 3. The van der Waals surface area contributed by atoms with E-state index in [1.165, 1.54) is 0 Å². The fourth-order valence-corrected chi connectivity index (χ4v) is 2.56. The molecule has 23 heavy (non-hydrogen) atoms. The van der Waals surface area contributed by atoms with Gasteiger partial charge in [-0.15, -0.1) is 0 Å². The van der Waals surface area contributed by atoms with Crippen molar-refractivity contribution in [3.05, 3.63) is 47.1 Å². The van der Waals surface area contributed by atoms with Crippen LogP contribution < -0.4 is 5.32 Å². The molecule has 1 N–H and O–H groups in total. The van der Waals surface area contributed by atoms with E-state index in [9.17, 15) is 9.59 Å². The summed E-state index contributed by atoms with van der Waals surface area (Å²) >= 11 is 0. The van der Waals surface area contributed by atoms with Crippen molar-refractivity contribution in [1.82, 2.24) is 20.4 Å². The van der Waals surface area contributed by atoms with Gasteiger partial charge in [-0.2, -0.15) is 4.98 Å². The van der Waals surface area contributed by atoms with Gasteiger partial charge in [0.2, 0.25) is 5.89 Å². The van der Waals surface area contributed by atoms with Crippen molar-refractivity contribution in [1.29, 1.82) is 0 Å². The van der Waals surface area contributed by atoms with Gasteiger partial charge in [0, 0.05) is 6.42 Å². The van der Waals surface area contributed by atoms with Crippen LogP contribution in [0.15, 0.2) is 28.8 Å². The van der Waals surface area contributed by atoms with Gasteiger partial charge in [0.1, 0.15) is 12.1 Å². The van der Waals surface area contributed by atoms with Crippen LogP contribution in [-0.2, 0) is 23.3 Å². The van der Waals surface area contributed by atoms with Crippen molar-refractivity contribution in [3.63, 3.8) is 0 Å². The van der Waals surface area contributed by atoms with Gasteiger partial charge in [-0.3, -0.25) is 9.69 Å². The molecule has 0 saturated carbocycles. The van der Waals surface area contributed by atoms with E-state index in [0.29, 0.717) is 12.2 Å². The van der Waals surface area contributed by atoms with Gasteiger partial charge in [-0.25, -0.2) is 4.79 Å². The molecular formula is C16H18N4O3. The number of amides is 3.